The minimum Gasteiger partial charge on any atom is -0.399 e. The normalized spacial score (nSPS) is 11.1. The lowest BCUT2D eigenvalue weighted by atomic mass is 10.1. The van der Waals surface area contributed by atoms with Crippen LogP contribution in [-0.2, 0) is 6.42 Å². The predicted molar refractivity (Wildman–Crippen MR) is 71.1 cm³/mol. The maximum atomic E-state index is 5.78. The Balaban J connectivity index is 2.16. The van der Waals surface area contributed by atoms with Gasteiger partial charge in [0.1, 0.15) is 0 Å². The van der Waals surface area contributed by atoms with Gasteiger partial charge >= 0.3 is 0 Å². The first-order valence-corrected chi connectivity index (χ1v) is 5.90. The van der Waals surface area contributed by atoms with Crippen molar-refractivity contribution in [2.75, 3.05) is 26.4 Å². The number of aryl methyl sites for hydroxylation is 1. The molecule has 0 saturated heterocycles. The van der Waals surface area contributed by atoms with Crippen molar-refractivity contribution >= 4 is 5.69 Å². The SMILES string of the molecule is Cc1cc(-c2nc(CCN(C)C)no2)ccc1N. The highest BCUT2D eigenvalue weighted by atomic mass is 16.5. The lowest BCUT2D eigenvalue weighted by Crippen LogP contribution is -2.15. The van der Waals surface area contributed by atoms with Crippen molar-refractivity contribution in [2.45, 2.75) is 13.3 Å². The zero-order valence-corrected chi connectivity index (χ0v) is 11.0. The van der Waals surface area contributed by atoms with Gasteiger partial charge in [-0.2, -0.15) is 4.98 Å². The summed E-state index contributed by atoms with van der Waals surface area (Å²) >= 11 is 0. The molecule has 1 aromatic carbocycles. The van der Waals surface area contributed by atoms with E-state index in [1.807, 2.05) is 39.2 Å². The molecule has 0 aliphatic carbocycles. The Labute approximate surface area is 107 Å². The molecule has 0 saturated carbocycles. The largest absolute Gasteiger partial charge is 0.399 e. The molecule has 5 heteroatoms. The van der Waals surface area contributed by atoms with E-state index < -0.39 is 0 Å². The highest BCUT2D eigenvalue weighted by molar-refractivity contribution is 5.60. The molecule has 0 atom stereocenters. The number of benzene rings is 1. The third-order valence-corrected chi connectivity index (χ3v) is 2.77. The van der Waals surface area contributed by atoms with E-state index in [2.05, 4.69) is 15.0 Å². The molecule has 0 aliphatic heterocycles. The van der Waals surface area contributed by atoms with Crippen LogP contribution in [0.5, 0.6) is 0 Å². The molecule has 0 radical (unpaired) electrons. The van der Waals surface area contributed by atoms with Crippen molar-refractivity contribution < 1.29 is 4.52 Å². The quantitative estimate of drug-likeness (QED) is 0.832. The van der Waals surface area contributed by atoms with E-state index in [0.717, 1.165) is 35.6 Å². The Kier molecular flexibility index (Phi) is 3.62. The fourth-order valence-corrected chi connectivity index (χ4v) is 1.61. The lowest BCUT2D eigenvalue weighted by Gasteiger charge is -2.05. The Morgan fingerprint density at radius 1 is 1.33 bits per heavy atom. The van der Waals surface area contributed by atoms with Gasteiger partial charge in [0.05, 0.1) is 0 Å². The molecular weight excluding hydrogens is 228 g/mol. The Morgan fingerprint density at radius 2 is 2.11 bits per heavy atom. The highest BCUT2D eigenvalue weighted by Crippen LogP contribution is 2.21. The zero-order valence-electron chi connectivity index (χ0n) is 11.0. The first kappa shape index (κ1) is 12.6. The molecule has 0 fully saturated rings. The van der Waals surface area contributed by atoms with E-state index in [9.17, 15) is 0 Å². The summed E-state index contributed by atoms with van der Waals surface area (Å²) in [6.07, 6.45) is 0.782. The Hall–Kier alpha value is -1.88. The third kappa shape index (κ3) is 2.87. The standard InChI is InChI=1S/C13H18N4O/c1-9-8-10(4-5-11(9)14)13-15-12(16-18-13)6-7-17(2)3/h4-5,8H,6-7,14H2,1-3H3. The van der Waals surface area contributed by atoms with Crippen LogP contribution in [-0.4, -0.2) is 35.7 Å². The van der Waals surface area contributed by atoms with Gasteiger partial charge in [-0.1, -0.05) is 5.16 Å². The molecule has 0 aliphatic rings. The van der Waals surface area contributed by atoms with Crippen LogP contribution in [0, 0.1) is 6.92 Å². The number of nitrogens with zero attached hydrogens (tertiary/aromatic N) is 3. The summed E-state index contributed by atoms with van der Waals surface area (Å²) < 4.78 is 5.26. The summed E-state index contributed by atoms with van der Waals surface area (Å²) in [6, 6.07) is 5.71. The summed E-state index contributed by atoms with van der Waals surface area (Å²) in [5.74, 6) is 1.28. The van der Waals surface area contributed by atoms with E-state index in [1.165, 1.54) is 0 Å². The first-order valence-electron chi connectivity index (χ1n) is 5.90. The number of nitrogen functional groups attached to an aromatic ring is 1. The molecule has 1 aromatic heterocycles. The molecule has 2 N–H and O–H groups in total. The number of nitrogens with two attached hydrogens (primary N) is 1. The highest BCUT2D eigenvalue weighted by Gasteiger charge is 2.09. The maximum absolute atomic E-state index is 5.78. The van der Waals surface area contributed by atoms with Gasteiger partial charge in [0.2, 0.25) is 0 Å². The second-order valence-electron chi connectivity index (χ2n) is 4.64. The molecule has 0 bridgehead atoms. The molecule has 0 spiro atoms. The van der Waals surface area contributed by atoms with Gasteiger partial charge in [0.15, 0.2) is 5.82 Å². The summed E-state index contributed by atoms with van der Waals surface area (Å²) in [5, 5.41) is 3.97. The first-order chi connectivity index (χ1) is 8.56. The van der Waals surface area contributed by atoms with Crippen LogP contribution < -0.4 is 5.73 Å². The van der Waals surface area contributed by atoms with E-state index in [1.54, 1.807) is 0 Å². The van der Waals surface area contributed by atoms with E-state index in [4.69, 9.17) is 10.3 Å². The van der Waals surface area contributed by atoms with Gasteiger partial charge in [-0.25, -0.2) is 0 Å². The van der Waals surface area contributed by atoms with Gasteiger partial charge < -0.3 is 15.2 Å². The smallest absolute Gasteiger partial charge is 0.257 e. The Morgan fingerprint density at radius 3 is 2.78 bits per heavy atom. The number of hydrogen-bond acceptors (Lipinski definition) is 5. The number of hydrogen-bond donors (Lipinski definition) is 1. The average molecular weight is 246 g/mol. The Bertz CT molecular complexity index is 534. The van der Waals surface area contributed by atoms with E-state index >= 15 is 0 Å². The van der Waals surface area contributed by atoms with Gasteiger partial charge in [-0.3, -0.25) is 0 Å². The van der Waals surface area contributed by atoms with Crippen LogP contribution >= 0.6 is 0 Å². The van der Waals surface area contributed by atoms with Crippen LogP contribution in [0.2, 0.25) is 0 Å². The summed E-state index contributed by atoms with van der Waals surface area (Å²) in [7, 11) is 4.04. The number of aromatic nitrogens is 2. The number of likely N-dealkylation sites (N-methyl/N-ethyl adjacent to an activating group) is 1. The minimum absolute atomic E-state index is 0.548. The molecule has 0 amide bonds. The van der Waals surface area contributed by atoms with Crippen molar-refractivity contribution in [3.8, 4) is 11.5 Å². The van der Waals surface area contributed by atoms with Crippen molar-refractivity contribution in [2.24, 2.45) is 0 Å². The lowest BCUT2D eigenvalue weighted by molar-refractivity contribution is 0.392. The van der Waals surface area contributed by atoms with Gasteiger partial charge in [0.25, 0.3) is 5.89 Å². The topological polar surface area (TPSA) is 68.2 Å². The summed E-state index contributed by atoms with van der Waals surface area (Å²) in [4.78, 5) is 6.46. The number of anilines is 1. The van der Waals surface area contributed by atoms with Crippen LogP contribution in [0.1, 0.15) is 11.4 Å². The molecule has 2 aromatic rings. The van der Waals surface area contributed by atoms with Crippen molar-refractivity contribution in [3.63, 3.8) is 0 Å². The number of rotatable bonds is 4. The van der Waals surface area contributed by atoms with Crippen molar-refractivity contribution in [3.05, 3.63) is 29.6 Å². The molecular formula is C13H18N4O. The summed E-state index contributed by atoms with van der Waals surface area (Å²) in [6.45, 7) is 2.86. The van der Waals surface area contributed by atoms with Gasteiger partial charge in [0, 0.05) is 24.2 Å². The van der Waals surface area contributed by atoms with Crippen LogP contribution in [0.15, 0.2) is 22.7 Å². The fourth-order valence-electron chi connectivity index (χ4n) is 1.61. The maximum Gasteiger partial charge on any atom is 0.257 e. The van der Waals surface area contributed by atoms with Crippen LogP contribution in [0.4, 0.5) is 5.69 Å². The zero-order chi connectivity index (χ0) is 13.1. The monoisotopic (exact) mass is 246 g/mol. The minimum atomic E-state index is 0.548. The predicted octanol–water partition coefficient (Wildman–Crippen LogP) is 1.73. The van der Waals surface area contributed by atoms with Crippen LogP contribution in [0.3, 0.4) is 0 Å². The van der Waals surface area contributed by atoms with Crippen molar-refractivity contribution in [1.82, 2.24) is 15.0 Å². The van der Waals surface area contributed by atoms with Gasteiger partial charge in [-0.15, -0.1) is 0 Å². The van der Waals surface area contributed by atoms with E-state index in [-0.39, 0.29) is 0 Å². The summed E-state index contributed by atoms with van der Waals surface area (Å²) in [5.41, 5.74) is 8.47. The van der Waals surface area contributed by atoms with Crippen molar-refractivity contribution in [1.29, 1.82) is 0 Å². The van der Waals surface area contributed by atoms with E-state index in [0.29, 0.717) is 5.89 Å². The van der Waals surface area contributed by atoms with Gasteiger partial charge in [-0.05, 0) is 44.8 Å². The molecule has 1 heterocycles. The van der Waals surface area contributed by atoms with Crippen LogP contribution in [0.25, 0.3) is 11.5 Å². The molecule has 2 rings (SSSR count). The molecule has 96 valence electrons. The second-order valence-corrected chi connectivity index (χ2v) is 4.64. The average Bonchev–Trinajstić information content (AvgIpc) is 2.79. The molecule has 5 nitrogen and oxygen atoms in total. The third-order valence-electron chi connectivity index (χ3n) is 2.77. The second kappa shape index (κ2) is 5.18. The molecule has 18 heavy (non-hydrogen) atoms. The molecule has 0 unspecified atom stereocenters. The fraction of sp³-hybridized carbons (Fsp3) is 0.385.